The molecule has 0 saturated heterocycles. The second-order valence-electron chi connectivity index (χ2n) is 9.12. The predicted octanol–water partition coefficient (Wildman–Crippen LogP) is 4.45. The summed E-state index contributed by atoms with van der Waals surface area (Å²) in [5, 5.41) is 10.7. The van der Waals surface area contributed by atoms with Crippen LogP contribution in [0.2, 0.25) is 0 Å². The summed E-state index contributed by atoms with van der Waals surface area (Å²) in [4.78, 5) is 9.22. The Morgan fingerprint density at radius 2 is 1.18 bits per heavy atom. The van der Waals surface area contributed by atoms with Crippen LogP contribution in [0.15, 0.2) is 116 Å². The van der Waals surface area contributed by atoms with E-state index in [1.807, 2.05) is 12.4 Å². The minimum atomic E-state index is -2.61. The van der Waals surface area contributed by atoms with Crippen LogP contribution in [-0.2, 0) is 0 Å². The monoisotopic (exact) mass is 450 g/mol. The molecule has 2 nitrogen and oxygen atoms in total. The molecule has 34 heavy (non-hydrogen) atoms. The fraction of sp³-hybridized carbons (Fsp3) is 0.0323. The number of aromatic nitrogens is 2. The van der Waals surface area contributed by atoms with Crippen molar-refractivity contribution >= 4 is 50.4 Å². The Kier molecular flexibility index (Phi) is 4.11. The van der Waals surface area contributed by atoms with Crippen molar-refractivity contribution in [3.8, 4) is 11.1 Å². The summed E-state index contributed by atoms with van der Waals surface area (Å²) in [6, 6.07) is 33.6. The van der Waals surface area contributed by atoms with Gasteiger partial charge in [-0.2, -0.15) is 0 Å². The second-order valence-corrected chi connectivity index (χ2v) is 12.8. The molecule has 0 saturated carbocycles. The Morgan fingerprint density at radius 3 is 1.82 bits per heavy atom. The summed E-state index contributed by atoms with van der Waals surface area (Å²) >= 11 is 0. The van der Waals surface area contributed by atoms with Gasteiger partial charge in [0.2, 0.25) is 0 Å². The quantitative estimate of drug-likeness (QED) is 0.287. The van der Waals surface area contributed by atoms with Gasteiger partial charge in [0.05, 0.1) is 0 Å². The van der Waals surface area contributed by atoms with E-state index >= 15 is 0 Å². The number of aryl methyl sites for hydroxylation is 1. The lowest BCUT2D eigenvalue weighted by Crippen LogP contribution is -2.73. The second kappa shape index (κ2) is 7.21. The topological polar surface area (TPSA) is 25.8 Å². The molecule has 3 heteroatoms. The zero-order chi connectivity index (χ0) is 22.7. The van der Waals surface area contributed by atoms with Gasteiger partial charge < -0.3 is 0 Å². The fourth-order valence-electron chi connectivity index (χ4n) is 6.06. The van der Waals surface area contributed by atoms with Crippen LogP contribution in [0.25, 0.3) is 32.7 Å². The molecular formula is C31H22N2Si. The summed E-state index contributed by atoms with van der Waals surface area (Å²) in [7, 11) is -2.61. The van der Waals surface area contributed by atoms with E-state index in [0.29, 0.717) is 0 Å². The maximum absolute atomic E-state index is 4.64. The van der Waals surface area contributed by atoms with Crippen LogP contribution in [0, 0.1) is 6.92 Å². The Hall–Kier alpha value is -4.08. The van der Waals surface area contributed by atoms with Gasteiger partial charge in [-0.3, -0.25) is 9.97 Å². The Labute approximate surface area is 199 Å². The van der Waals surface area contributed by atoms with Gasteiger partial charge in [-0.15, -0.1) is 0 Å². The first-order valence-corrected chi connectivity index (χ1v) is 13.7. The molecule has 7 rings (SSSR count). The minimum absolute atomic E-state index is 1.22. The Morgan fingerprint density at radius 1 is 0.588 bits per heavy atom. The standard InChI is InChI=1S/C31H22N2Si/c1-21-12-13-26-29(18-21)34(22-8-4-2-5-9-22,23-10-6-3-7-11-23)31-28-20-33-17-15-25(28)24-14-16-32-19-27(24)30(26)31/h2-20H,1H3. The number of hydrogen-bond donors (Lipinski definition) is 0. The highest BCUT2D eigenvalue weighted by molar-refractivity contribution is 7.23. The Bertz CT molecular complexity index is 1670. The van der Waals surface area contributed by atoms with Crippen molar-refractivity contribution in [1.82, 2.24) is 9.97 Å². The number of rotatable bonds is 2. The molecule has 0 amide bonds. The molecule has 1 aliphatic rings. The van der Waals surface area contributed by atoms with Gasteiger partial charge >= 0.3 is 0 Å². The highest BCUT2D eigenvalue weighted by atomic mass is 28.3. The average molecular weight is 451 g/mol. The van der Waals surface area contributed by atoms with Crippen LogP contribution in [0.3, 0.4) is 0 Å². The van der Waals surface area contributed by atoms with Gasteiger partial charge in [0.15, 0.2) is 8.07 Å². The molecule has 4 aromatic carbocycles. The molecule has 1 aliphatic heterocycles. The van der Waals surface area contributed by atoms with E-state index in [2.05, 4.69) is 120 Å². The maximum Gasteiger partial charge on any atom is 0.181 e. The number of benzene rings is 4. The molecule has 0 fully saturated rings. The van der Waals surface area contributed by atoms with Gasteiger partial charge in [-0.1, -0.05) is 84.4 Å². The van der Waals surface area contributed by atoms with Crippen molar-refractivity contribution in [2.75, 3.05) is 0 Å². The lowest BCUT2D eigenvalue weighted by Gasteiger charge is -2.32. The molecular weight excluding hydrogens is 428 g/mol. The van der Waals surface area contributed by atoms with E-state index in [0.717, 1.165) is 0 Å². The zero-order valence-electron chi connectivity index (χ0n) is 18.9. The summed E-state index contributed by atoms with van der Waals surface area (Å²) < 4.78 is 0. The van der Waals surface area contributed by atoms with Crippen molar-refractivity contribution in [2.45, 2.75) is 6.92 Å². The van der Waals surface area contributed by atoms with Gasteiger partial charge in [-0.25, -0.2) is 0 Å². The van der Waals surface area contributed by atoms with Crippen molar-refractivity contribution in [1.29, 1.82) is 0 Å². The first kappa shape index (κ1) is 19.4. The first-order chi connectivity index (χ1) is 16.8. The highest BCUT2D eigenvalue weighted by Gasteiger charge is 2.50. The van der Waals surface area contributed by atoms with E-state index in [4.69, 9.17) is 0 Å². The molecule has 0 bridgehead atoms. The largest absolute Gasteiger partial charge is 0.264 e. The normalized spacial score (nSPS) is 13.7. The van der Waals surface area contributed by atoms with Gasteiger partial charge in [-0.05, 0) is 61.7 Å². The molecule has 0 N–H and O–H groups in total. The van der Waals surface area contributed by atoms with Crippen LogP contribution >= 0.6 is 0 Å². The maximum atomic E-state index is 4.64. The SMILES string of the molecule is Cc1ccc2c(c1)[Si](c1ccccc1)(c1ccccc1)c1c-2c2cnccc2c2ccncc12. The van der Waals surface area contributed by atoms with Crippen LogP contribution in [0.1, 0.15) is 5.56 Å². The molecule has 0 spiro atoms. The summed E-state index contributed by atoms with van der Waals surface area (Å²) in [6.45, 7) is 2.21. The molecule has 3 heterocycles. The van der Waals surface area contributed by atoms with Crippen molar-refractivity contribution < 1.29 is 0 Å². The van der Waals surface area contributed by atoms with Crippen LogP contribution in [0.4, 0.5) is 0 Å². The van der Waals surface area contributed by atoms with E-state index in [1.165, 1.54) is 59.0 Å². The van der Waals surface area contributed by atoms with E-state index < -0.39 is 8.07 Å². The Balaban J connectivity index is 1.82. The number of hydrogen-bond acceptors (Lipinski definition) is 2. The summed E-state index contributed by atoms with van der Waals surface area (Å²) in [5.74, 6) is 0. The van der Waals surface area contributed by atoms with Crippen LogP contribution in [0.5, 0.6) is 0 Å². The predicted molar refractivity (Wildman–Crippen MR) is 144 cm³/mol. The van der Waals surface area contributed by atoms with E-state index in [-0.39, 0.29) is 0 Å². The zero-order valence-corrected chi connectivity index (χ0v) is 19.9. The molecule has 0 atom stereocenters. The van der Waals surface area contributed by atoms with Crippen molar-refractivity contribution in [2.24, 2.45) is 0 Å². The summed E-state index contributed by atoms with van der Waals surface area (Å²) in [5.41, 5.74) is 3.96. The van der Waals surface area contributed by atoms with Crippen molar-refractivity contribution in [3.63, 3.8) is 0 Å². The molecule has 0 radical (unpaired) electrons. The lowest BCUT2D eigenvalue weighted by molar-refractivity contribution is 1.36. The smallest absolute Gasteiger partial charge is 0.181 e. The number of nitrogens with zero attached hydrogens (tertiary/aromatic N) is 2. The summed E-state index contributed by atoms with van der Waals surface area (Å²) in [6.07, 6.45) is 7.95. The number of fused-ring (bicyclic) bond motifs is 8. The van der Waals surface area contributed by atoms with Crippen LogP contribution in [-0.4, -0.2) is 18.0 Å². The lowest BCUT2D eigenvalue weighted by atomic mass is 9.95. The molecule has 160 valence electrons. The molecule has 6 aromatic rings. The highest BCUT2D eigenvalue weighted by Crippen LogP contribution is 2.38. The first-order valence-electron chi connectivity index (χ1n) is 11.7. The molecule has 2 aromatic heterocycles. The van der Waals surface area contributed by atoms with Gasteiger partial charge in [0, 0.05) is 35.6 Å². The minimum Gasteiger partial charge on any atom is -0.264 e. The van der Waals surface area contributed by atoms with Crippen LogP contribution < -0.4 is 20.7 Å². The third-order valence-corrected chi connectivity index (χ3v) is 12.2. The van der Waals surface area contributed by atoms with Gasteiger partial charge in [0.25, 0.3) is 0 Å². The average Bonchev–Trinajstić information content (AvgIpc) is 3.21. The van der Waals surface area contributed by atoms with Crippen molar-refractivity contribution in [3.05, 3.63) is 121 Å². The molecule has 0 unspecified atom stereocenters. The fourth-order valence-corrected chi connectivity index (χ4v) is 11.6. The van der Waals surface area contributed by atoms with E-state index in [9.17, 15) is 0 Å². The molecule has 0 aliphatic carbocycles. The third kappa shape index (κ3) is 2.45. The third-order valence-electron chi connectivity index (χ3n) is 7.36. The van der Waals surface area contributed by atoms with E-state index in [1.54, 1.807) is 0 Å². The van der Waals surface area contributed by atoms with Gasteiger partial charge in [0.1, 0.15) is 0 Å². The number of pyridine rings is 2.